The Bertz CT molecular complexity index is 983. The highest BCUT2D eigenvalue weighted by Crippen LogP contribution is 2.24. The van der Waals surface area contributed by atoms with Gasteiger partial charge in [-0.25, -0.2) is 9.59 Å². The monoisotopic (exact) mass is 396 g/mol. The summed E-state index contributed by atoms with van der Waals surface area (Å²) in [7, 11) is 1.58. The lowest BCUT2D eigenvalue weighted by atomic mass is 10.1. The molecule has 2 amide bonds. The SMILES string of the molecule is COc1ccc(-c2nnc([C@H](C)OC(=O)c3ccc(CNC(N)=O)cc3)o2)cc1. The number of esters is 1. The van der Waals surface area contributed by atoms with Gasteiger partial charge in [0.1, 0.15) is 5.75 Å². The Morgan fingerprint density at radius 3 is 2.41 bits per heavy atom. The van der Waals surface area contributed by atoms with Gasteiger partial charge >= 0.3 is 12.0 Å². The van der Waals surface area contributed by atoms with Crippen molar-refractivity contribution < 1.29 is 23.5 Å². The Kier molecular flexibility index (Phi) is 6.08. The van der Waals surface area contributed by atoms with Crippen LogP contribution in [0.1, 0.15) is 34.8 Å². The summed E-state index contributed by atoms with van der Waals surface area (Å²) in [5.74, 6) is 0.687. The van der Waals surface area contributed by atoms with Crippen LogP contribution in [0.3, 0.4) is 0 Å². The van der Waals surface area contributed by atoms with E-state index in [2.05, 4.69) is 15.5 Å². The maximum Gasteiger partial charge on any atom is 0.338 e. The minimum atomic E-state index is -0.724. The van der Waals surface area contributed by atoms with E-state index in [9.17, 15) is 9.59 Å². The Labute approximate surface area is 166 Å². The van der Waals surface area contributed by atoms with Crippen LogP contribution in [0.5, 0.6) is 5.75 Å². The molecule has 9 nitrogen and oxygen atoms in total. The lowest BCUT2D eigenvalue weighted by Gasteiger charge is -2.10. The summed E-state index contributed by atoms with van der Waals surface area (Å²) in [5.41, 5.74) is 6.91. The quantitative estimate of drug-likeness (QED) is 0.587. The van der Waals surface area contributed by atoms with Crippen LogP contribution >= 0.6 is 0 Å². The van der Waals surface area contributed by atoms with Crippen LogP contribution in [-0.4, -0.2) is 29.3 Å². The molecule has 0 spiro atoms. The van der Waals surface area contributed by atoms with Crippen molar-refractivity contribution in [3.63, 3.8) is 0 Å². The molecule has 0 saturated carbocycles. The van der Waals surface area contributed by atoms with Gasteiger partial charge in [-0.2, -0.15) is 0 Å². The summed E-state index contributed by atoms with van der Waals surface area (Å²) in [6, 6.07) is 13.1. The van der Waals surface area contributed by atoms with Crippen LogP contribution in [0.25, 0.3) is 11.5 Å². The third-order valence-corrected chi connectivity index (χ3v) is 4.07. The molecule has 2 aromatic carbocycles. The minimum Gasteiger partial charge on any atom is -0.497 e. The largest absolute Gasteiger partial charge is 0.497 e. The number of hydrogen-bond acceptors (Lipinski definition) is 7. The van der Waals surface area contributed by atoms with Gasteiger partial charge in [0.2, 0.25) is 5.89 Å². The molecule has 29 heavy (non-hydrogen) atoms. The Hall–Kier alpha value is -3.88. The van der Waals surface area contributed by atoms with E-state index in [0.29, 0.717) is 17.2 Å². The van der Waals surface area contributed by atoms with Gasteiger partial charge in [0.25, 0.3) is 5.89 Å². The van der Waals surface area contributed by atoms with Crippen molar-refractivity contribution in [1.29, 1.82) is 0 Å². The second-order valence-corrected chi connectivity index (χ2v) is 6.14. The lowest BCUT2D eigenvalue weighted by Crippen LogP contribution is -2.28. The lowest BCUT2D eigenvalue weighted by molar-refractivity contribution is 0.0280. The Morgan fingerprint density at radius 2 is 1.79 bits per heavy atom. The van der Waals surface area contributed by atoms with E-state index < -0.39 is 18.1 Å². The predicted molar refractivity (Wildman–Crippen MR) is 103 cm³/mol. The van der Waals surface area contributed by atoms with Gasteiger partial charge in [-0.3, -0.25) is 0 Å². The summed E-state index contributed by atoms with van der Waals surface area (Å²) >= 11 is 0. The molecule has 1 aromatic heterocycles. The molecule has 1 atom stereocenters. The zero-order chi connectivity index (χ0) is 20.8. The van der Waals surface area contributed by atoms with Crippen molar-refractivity contribution in [1.82, 2.24) is 15.5 Å². The van der Waals surface area contributed by atoms with E-state index >= 15 is 0 Å². The number of carbonyl (C=O) groups is 2. The zero-order valence-corrected chi connectivity index (χ0v) is 15.9. The van der Waals surface area contributed by atoms with Crippen molar-refractivity contribution >= 4 is 12.0 Å². The van der Waals surface area contributed by atoms with Gasteiger partial charge in [-0.05, 0) is 48.9 Å². The number of methoxy groups -OCH3 is 1. The Balaban J connectivity index is 1.62. The van der Waals surface area contributed by atoms with Crippen molar-refractivity contribution in [2.24, 2.45) is 5.73 Å². The number of benzene rings is 2. The highest BCUT2D eigenvalue weighted by Gasteiger charge is 2.20. The topological polar surface area (TPSA) is 130 Å². The first kappa shape index (κ1) is 19.9. The average Bonchev–Trinajstić information content (AvgIpc) is 3.23. The smallest absolute Gasteiger partial charge is 0.338 e. The highest BCUT2D eigenvalue weighted by molar-refractivity contribution is 5.89. The normalized spacial score (nSPS) is 11.5. The number of carbonyl (C=O) groups excluding carboxylic acids is 2. The van der Waals surface area contributed by atoms with Crippen molar-refractivity contribution in [2.75, 3.05) is 7.11 Å². The van der Waals surface area contributed by atoms with Crippen molar-refractivity contribution in [2.45, 2.75) is 19.6 Å². The van der Waals surface area contributed by atoms with Crippen molar-refractivity contribution in [3.8, 4) is 17.2 Å². The molecule has 0 aliphatic rings. The number of urea groups is 1. The first-order chi connectivity index (χ1) is 14.0. The van der Waals surface area contributed by atoms with Crippen LogP contribution in [0.4, 0.5) is 4.79 Å². The van der Waals surface area contributed by atoms with Gasteiger partial charge in [0.05, 0.1) is 12.7 Å². The van der Waals surface area contributed by atoms with Crippen LogP contribution in [0.15, 0.2) is 52.9 Å². The molecule has 0 aliphatic heterocycles. The zero-order valence-electron chi connectivity index (χ0n) is 15.9. The van der Waals surface area contributed by atoms with Gasteiger partial charge in [0, 0.05) is 12.1 Å². The minimum absolute atomic E-state index is 0.187. The van der Waals surface area contributed by atoms with E-state index in [1.165, 1.54) is 0 Å². The number of nitrogens with two attached hydrogens (primary N) is 1. The molecule has 0 fully saturated rings. The van der Waals surface area contributed by atoms with E-state index in [-0.39, 0.29) is 12.4 Å². The maximum absolute atomic E-state index is 12.3. The number of nitrogens with zero attached hydrogens (tertiary/aromatic N) is 2. The van der Waals surface area contributed by atoms with Gasteiger partial charge in [-0.15, -0.1) is 10.2 Å². The number of ether oxygens (including phenoxy) is 2. The fourth-order valence-electron chi connectivity index (χ4n) is 2.48. The molecule has 0 bridgehead atoms. The number of aromatic nitrogens is 2. The molecule has 3 rings (SSSR count). The predicted octanol–water partition coefficient (Wildman–Crippen LogP) is 2.83. The van der Waals surface area contributed by atoms with Gasteiger partial charge in [-0.1, -0.05) is 12.1 Å². The molecule has 0 unspecified atom stereocenters. The average molecular weight is 396 g/mol. The standard InChI is InChI=1S/C20H20N4O5/c1-12(17-23-24-18(29-17)14-7-9-16(27-2)10-8-14)28-19(25)15-5-3-13(4-6-15)11-22-20(21)26/h3-10,12H,11H2,1-2H3,(H3,21,22,26)/t12-/m0/s1. The van der Waals surface area contributed by atoms with Crippen LogP contribution in [-0.2, 0) is 11.3 Å². The second-order valence-electron chi connectivity index (χ2n) is 6.14. The number of rotatable bonds is 7. The van der Waals surface area contributed by atoms with E-state index in [1.54, 1.807) is 62.6 Å². The summed E-state index contributed by atoms with van der Waals surface area (Å²) < 4.78 is 16.1. The third-order valence-electron chi connectivity index (χ3n) is 4.07. The van der Waals surface area contributed by atoms with Crippen molar-refractivity contribution in [3.05, 3.63) is 65.5 Å². The summed E-state index contributed by atoms with van der Waals surface area (Å²) in [6.45, 7) is 1.92. The number of hydrogen-bond donors (Lipinski definition) is 2. The first-order valence-electron chi connectivity index (χ1n) is 8.77. The highest BCUT2D eigenvalue weighted by atomic mass is 16.6. The first-order valence-corrected chi connectivity index (χ1v) is 8.77. The number of nitrogens with one attached hydrogen (secondary N) is 1. The van der Waals surface area contributed by atoms with Gasteiger partial charge in [0.15, 0.2) is 6.10 Å². The molecule has 0 radical (unpaired) electrons. The fourth-order valence-corrected chi connectivity index (χ4v) is 2.48. The molecule has 3 aromatic rings. The number of amides is 2. The molecular weight excluding hydrogens is 376 g/mol. The molecule has 150 valence electrons. The second kappa shape index (κ2) is 8.87. The molecule has 1 heterocycles. The van der Waals surface area contributed by atoms with Crippen LogP contribution < -0.4 is 15.8 Å². The van der Waals surface area contributed by atoms with Gasteiger partial charge < -0.3 is 24.9 Å². The molecule has 0 aliphatic carbocycles. The summed E-state index contributed by atoms with van der Waals surface area (Å²) in [5, 5.41) is 10.4. The molecule has 3 N–H and O–H groups in total. The maximum atomic E-state index is 12.3. The van der Waals surface area contributed by atoms with Crippen LogP contribution in [0, 0.1) is 0 Å². The van der Waals surface area contributed by atoms with Crippen LogP contribution in [0.2, 0.25) is 0 Å². The summed E-state index contributed by atoms with van der Waals surface area (Å²) in [4.78, 5) is 23.1. The molecule has 9 heteroatoms. The fraction of sp³-hybridized carbons (Fsp3) is 0.200. The van der Waals surface area contributed by atoms with E-state index in [0.717, 1.165) is 11.1 Å². The van der Waals surface area contributed by atoms with E-state index in [1.807, 2.05) is 0 Å². The molecule has 0 saturated heterocycles. The molecular formula is C20H20N4O5. The Morgan fingerprint density at radius 1 is 1.10 bits per heavy atom. The number of primary amides is 1. The summed E-state index contributed by atoms with van der Waals surface area (Å²) in [6.07, 6.45) is -0.724. The third kappa shape index (κ3) is 5.10. The van der Waals surface area contributed by atoms with E-state index in [4.69, 9.17) is 19.6 Å².